The molecule has 0 fully saturated rings. The maximum atomic E-state index is 11.9. The Bertz CT molecular complexity index is 328. The predicted octanol–water partition coefficient (Wildman–Crippen LogP) is 1.61. The van der Waals surface area contributed by atoms with Crippen LogP contribution in [0.2, 0.25) is 0 Å². The molecular weight excluding hydrogens is 252 g/mol. The lowest BCUT2D eigenvalue weighted by atomic mass is 10.1. The Balaban J connectivity index is 4.66. The van der Waals surface area contributed by atoms with Gasteiger partial charge in [-0.15, -0.1) is 0 Å². The molecule has 0 bridgehead atoms. The van der Waals surface area contributed by atoms with Crippen molar-refractivity contribution in [2.75, 3.05) is 13.7 Å². The molecule has 0 aliphatic rings. The maximum Gasteiger partial charge on any atom is 0.279 e. The van der Waals surface area contributed by atoms with Gasteiger partial charge in [0.15, 0.2) is 0 Å². The van der Waals surface area contributed by atoms with Crippen LogP contribution in [0.25, 0.3) is 0 Å². The first kappa shape index (κ1) is 17.8. The topological polar surface area (TPSA) is 58.6 Å². The van der Waals surface area contributed by atoms with Crippen LogP contribution in [-0.2, 0) is 14.9 Å². The van der Waals surface area contributed by atoms with E-state index >= 15 is 0 Å². The van der Waals surface area contributed by atoms with Crippen molar-refractivity contribution in [3.8, 4) is 0 Å². The van der Waals surface area contributed by atoms with Gasteiger partial charge in [-0.3, -0.25) is 0 Å². The second-order valence-electron chi connectivity index (χ2n) is 5.26. The molecule has 5 nitrogen and oxygen atoms in total. The Labute approximate surface area is 112 Å². The highest BCUT2D eigenvalue weighted by Gasteiger charge is 2.29. The smallest absolute Gasteiger partial charge is 0.279 e. The average Bonchev–Trinajstić information content (AvgIpc) is 2.24. The van der Waals surface area contributed by atoms with E-state index in [9.17, 15) is 8.42 Å². The summed E-state index contributed by atoms with van der Waals surface area (Å²) < 4.78 is 33.3. The zero-order valence-corrected chi connectivity index (χ0v) is 13.4. The molecule has 2 unspecified atom stereocenters. The van der Waals surface area contributed by atoms with Crippen LogP contribution in [0.5, 0.6) is 0 Å². The average molecular weight is 280 g/mol. The molecule has 0 aliphatic heterocycles. The molecule has 2 atom stereocenters. The summed E-state index contributed by atoms with van der Waals surface area (Å²) in [6, 6.07) is -0.293. The number of rotatable bonds is 8. The van der Waals surface area contributed by atoms with Gasteiger partial charge in [-0.05, 0) is 33.6 Å². The fraction of sp³-hybridized carbons (Fsp3) is 1.00. The van der Waals surface area contributed by atoms with Crippen molar-refractivity contribution < 1.29 is 13.2 Å². The first-order chi connectivity index (χ1) is 8.13. The summed E-state index contributed by atoms with van der Waals surface area (Å²) in [5.74, 6) is 0.422. The zero-order chi connectivity index (χ0) is 14.5. The van der Waals surface area contributed by atoms with Gasteiger partial charge in [0.25, 0.3) is 10.2 Å². The molecule has 0 radical (unpaired) electrons. The van der Waals surface area contributed by atoms with E-state index < -0.39 is 10.2 Å². The van der Waals surface area contributed by atoms with Gasteiger partial charge >= 0.3 is 0 Å². The van der Waals surface area contributed by atoms with Gasteiger partial charge in [0.05, 0.1) is 12.7 Å². The largest absolute Gasteiger partial charge is 0.377 e. The van der Waals surface area contributed by atoms with Crippen molar-refractivity contribution in [3.05, 3.63) is 0 Å². The van der Waals surface area contributed by atoms with Crippen molar-refractivity contribution in [2.24, 2.45) is 5.92 Å². The minimum absolute atomic E-state index is 0.101. The van der Waals surface area contributed by atoms with Crippen molar-refractivity contribution in [2.45, 2.75) is 59.7 Å². The normalized spacial score (nSPS) is 16.6. The predicted molar refractivity (Wildman–Crippen MR) is 74.7 cm³/mol. The zero-order valence-electron chi connectivity index (χ0n) is 12.6. The van der Waals surface area contributed by atoms with Crippen molar-refractivity contribution in [1.29, 1.82) is 0 Å². The van der Waals surface area contributed by atoms with E-state index in [0.717, 1.165) is 0 Å². The lowest BCUT2D eigenvalue weighted by Crippen LogP contribution is -2.50. The van der Waals surface area contributed by atoms with Crippen LogP contribution < -0.4 is 4.72 Å². The van der Waals surface area contributed by atoms with Gasteiger partial charge in [-0.1, -0.05) is 13.8 Å². The van der Waals surface area contributed by atoms with Gasteiger partial charge < -0.3 is 4.74 Å². The van der Waals surface area contributed by atoms with Crippen LogP contribution in [0.1, 0.15) is 41.5 Å². The van der Waals surface area contributed by atoms with Gasteiger partial charge in [-0.2, -0.15) is 12.7 Å². The number of hydrogen-bond donors (Lipinski definition) is 1. The first-order valence-corrected chi connectivity index (χ1v) is 7.91. The summed E-state index contributed by atoms with van der Waals surface area (Å²) in [4.78, 5) is 0. The molecule has 0 aromatic carbocycles. The van der Waals surface area contributed by atoms with Crippen LogP contribution >= 0.6 is 0 Å². The Morgan fingerprint density at radius 2 is 1.61 bits per heavy atom. The van der Waals surface area contributed by atoms with E-state index in [1.165, 1.54) is 11.4 Å². The van der Waals surface area contributed by atoms with Crippen molar-refractivity contribution in [1.82, 2.24) is 9.03 Å². The number of hydrogen-bond acceptors (Lipinski definition) is 3. The van der Waals surface area contributed by atoms with Crippen molar-refractivity contribution in [3.63, 3.8) is 0 Å². The fourth-order valence-corrected chi connectivity index (χ4v) is 2.99. The highest BCUT2D eigenvalue weighted by molar-refractivity contribution is 7.87. The third-order valence-corrected chi connectivity index (χ3v) is 4.87. The summed E-state index contributed by atoms with van der Waals surface area (Å²) in [5, 5.41) is 0. The van der Waals surface area contributed by atoms with E-state index in [-0.39, 0.29) is 18.2 Å². The van der Waals surface area contributed by atoms with Gasteiger partial charge in [0.2, 0.25) is 0 Å². The van der Waals surface area contributed by atoms with Crippen LogP contribution in [0, 0.1) is 5.92 Å². The summed E-state index contributed by atoms with van der Waals surface area (Å²) in [7, 11) is -2.00. The SMILES string of the molecule is CNS(=O)(=O)N(C(C)C)C(C)COC(C)C(C)C. The molecule has 0 saturated heterocycles. The summed E-state index contributed by atoms with van der Waals surface area (Å²) in [6.07, 6.45) is 0.124. The molecule has 0 aliphatic carbocycles. The van der Waals surface area contributed by atoms with Crippen LogP contribution in [-0.4, -0.2) is 44.6 Å². The van der Waals surface area contributed by atoms with Crippen LogP contribution in [0.3, 0.4) is 0 Å². The van der Waals surface area contributed by atoms with E-state index in [2.05, 4.69) is 18.6 Å². The second kappa shape index (κ2) is 7.43. The lowest BCUT2D eigenvalue weighted by molar-refractivity contribution is 0.0102. The standard InChI is InChI=1S/C12H28N2O3S/c1-9(2)12(6)17-8-11(5)14(10(3)4)18(15,16)13-7/h9-13H,8H2,1-7H3. The minimum atomic E-state index is -3.42. The summed E-state index contributed by atoms with van der Waals surface area (Å²) >= 11 is 0. The number of ether oxygens (including phenoxy) is 1. The molecular formula is C12H28N2O3S. The molecule has 0 spiro atoms. The molecule has 18 heavy (non-hydrogen) atoms. The maximum absolute atomic E-state index is 11.9. The first-order valence-electron chi connectivity index (χ1n) is 6.47. The Kier molecular flexibility index (Phi) is 7.36. The van der Waals surface area contributed by atoms with Gasteiger partial charge in [0, 0.05) is 19.1 Å². The highest BCUT2D eigenvalue weighted by Crippen LogP contribution is 2.13. The van der Waals surface area contributed by atoms with Crippen LogP contribution in [0.15, 0.2) is 0 Å². The fourth-order valence-electron chi connectivity index (χ4n) is 1.69. The van der Waals surface area contributed by atoms with E-state index in [4.69, 9.17) is 4.74 Å². The third kappa shape index (κ3) is 5.22. The lowest BCUT2D eigenvalue weighted by Gasteiger charge is -2.32. The van der Waals surface area contributed by atoms with Gasteiger partial charge in [0.1, 0.15) is 0 Å². The molecule has 0 saturated carbocycles. The molecule has 110 valence electrons. The Morgan fingerprint density at radius 1 is 1.11 bits per heavy atom. The minimum Gasteiger partial charge on any atom is -0.377 e. The van der Waals surface area contributed by atoms with Crippen molar-refractivity contribution >= 4 is 10.2 Å². The third-order valence-electron chi connectivity index (χ3n) is 3.02. The highest BCUT2D eigenvalue weighted by atomic mass is 32.2. The molecule has 0 heterocycles. The second-order valence-corrected chi connectivity index (χ2v) is 7.04. The summed E-state index contributed by atoms with van der Waals surface area (Å²) in [6.45, 7) is 12.2. The quantitative estimate of drug-likeness (QED) is 0.735. The molecule has 0 aromatic rings. The van der Waals surface area contributed by atoms with E-state index in [0.29, 0.717) is 12.5 Å². The Morgan fingerprint density at radius 3 is 1.94 bits per heavy atom. The molecule has 1 N–H and O–H groups in total. The summed E-state index contributed by atoms with van der Waals surface area (Å²) in [5.41, 5.74) is 0. The molecule has 0 amide bonds. The molecule has 0 rings (SSSR count). The van der Waals surface area contributed by atoms with E-state index in [1.807, 2.05) is 27.7 Å². The number of nitrogens with zero attached hydrogens (tertiary/aromatic N) is 1. The molecule has 0 aromatic heterocycles. The molecule has 6 heteroatoms. The van der Waals surface area contributed by atoms with E-state index in [1.54, 1.807) is 0 Å². The number of nitrogens with one attached hydrogen (secondary N) is 1. The Hall–Kier alpha value is -0.170. The van der Waals surface area contributed by atoms with Crippen LogP contribution in [0.4, 0.5) is 0 Å². The van der Waals surface area contributed by atoms with Gasteiger partial charge in [-0.25, -0.2) is 4.72 Å². The monoisotopic (exact) mass is 280 g/mol.